The predicted octanol–water partition coefficient (Wildman–Crippen LogP) is 3.82. The summed E-state index contributed by atoms with van der Waals surface area (Å²) in [7, 11) is 1.68. The molecule has 2 aromatic carbocycles. The van der Waals surface area contributed by atoms with Crippen molar-refractivity contribution in [3.8, 4) is 11.5 Å². The summed E-state index contributed by atoms with van der Waals surface area (Å²) in [6.07, 6.45) is 1.38. The molecule has 0 N–H and O–H groups in total. The van der Waals surface area contributed by atoms with E-state index in [4.69, 9.17) is 9.47 Å². The maximum absolute atomic E-state index is 12.6. The highest BCUT2D eigenvalue weighted by molar-refractivity contribution is 5.76. The molecule has 28 heavy (non-hydrogen) atoms. The van der Waals surface area contributed by atoms with Gasteiger partial charge in [0.15, 0.2) is 0 Å². The molecular weight excluding hydrogens is 352 g/mol. The van der Waals surface area contributed by atoms with Gasteiger partial charge in [0.25, 0.3) is 0 Å². The molecule has 3 rings (SSSR count). The lowest BCUT2D eigenvalue weighted by atomic mass is 10.1. The predicted molar refractivity (Wildman–Crippen MR) is 112 cm³/mol. The highest BCUT2D eigenvalue weighted by atomic mass is 16.5. The quantitative estimate of drug-likeness (QED) is 0.762. The van der Waals surface area contributed by atoms with Crippen molar-refractivity contribution in [1.29, 1.82) is 0 Å². The number of methoxy groups -OCH3 is 1. The topological polar surface area (TPSA) is 42.0 Å². The van der Waals surface area contributed by atoms with Crippen molar-refractivity contribution in [2.75, 3.05) is 44.8 Å². The van der Waals surface area contributed by atoms with Crippen LogP contribution in [0, 0.1) is 13.8 Å². The normalized spacial score (nSPS) is 14.5. The van der Waals surface area contributed by atoms with Crippen LogP contribution in [-0.2, 0) is 4.79 Å². The first-order valence-corrected chi connectivity index (χ1v) is 9.94. The van der Waals surface area contributed by atoms with Gasteiger partial charge in [-0.2, -0.15) is 0 Å². The minimum Gasteiger partial charge on any atom is -0.497 e. The van der Waals surface area contributed by atoms with E-state index in [1.165, 1.54) is 11.3 Å². The number of benzene rings is 2. The first-order chi connectivity index (χ1) is 13.6. The zero-order chi connectivity index (χ0) is 19.9. The van der Waals surface area contributed by atoms with Crippen molar-refractivity contribution < 1.29 is 14.3 Å². The Labute approximate surface area is 167 Å². The summed E-state index contributed by atoms with van der Waals surface area (Å²) in [5.74, 6) is 1.90. The monoisotopic (exact) mass is 382 g/mol. The molecule has 1 aliphatic heterocycles. The van der Waals surface area contributed by atoms with E-state index in [0.29, 0.717) is 13.0 Å². The summed E-state index contributed by atoms with van der Waals surface area (Å²) < 4.78 is 11.1. The number of nitrogens with zero attached hydrogens (tertiary/aromatic N) is 2. The van der Waals surface area contributed by atoms with E-state index in [9.17, 15) is 4.79 Å². The third kappa shape index (κ3) is 4.97. The third-order valence-corrected chi connectivity index (χ3v) is 5.41. The maximum atomic E-state index is 12.6. The van der Waals surface area contributed by atoms with Gasteiger partial charge in [-0.15, -0.1) is 0 Å². The molecule has 5 heteroatoms. The molecule has 0 aliphatic carbocycles. The zero-order valence-electron chi connectivity index (χ0n) is 17.1. The van der Waals surface area contributed by atoms with Crippen molar-refractivity contribution in [3.63, 3.8) is 0 Å². The Morgan fingerprint density at radius 2 is 1.79 bits per heavy atom. The molecule has 1 aliphatic rings. The second-order valence-electron chi connectivity index (χ2n) is 7.22. The lowest BCUT2D eigenvalue weighted by Gasteiger charge is -2.24. The number of hydrogen-bond donors (Lipinski definition) is 0. The van der Waals surface area contributed by atoms with E-state index in [1.807, 2.05) is 29.2 Å². The highest BCUT2D eigenvalue weighted by Gasteiger charge is 2.19. The van der Waals surface area contributed by atoms with Crippen LogP contribution < -0.4 is 14.4 Å². The van der Waals surface area contributed by atoms with Gasteiger partial charge < -0.3 is 19.3 Å². The van der Waals surface area contributed by atoms with Crippen LogP contribution in [0.5, 0.6) is 11.5 Å². The molecule has 0 bridgehead atoms. The van der Waals surface area contributed by atoms with Crippen molar-refractivity contribution in [2.45, 2.75) is 26.7 Å². The highest BCUT2D eigenvalue weighted by Crippen LogP contribution is 2.22. The summed E-state index contributed by atoms with van der Waals surface area (Å²) in [5, 5.41) is 0. The van der Waals surface area contributed by atoms with Gasteiger partial charge in [0.1, 0.15) is 11.5 Å². The second-order valence-corrected chi connectivity index (χ2v) is 7.22. The zero-order valence-corrected chi connectivity index (χ0v) is 17.1. The van der Waals surface area contributed by atoms with E-state index in [-0.39, 0.29) is 5.91 Å². The number of ether oxygens (including phenoxy) is 2. The van der Waals surface area contributed by atoms with Gasteiger partial charge >= 0.3 is 0 Å². The Balaban J connectivity index is 1.49. The van der Waals surface area contributed by atoms with E-state index < -0.39 is 0 Å². The van der Waals surface area contributed by atoms with Crippen molar-refractivity contribution in [2.24, 2.45) is 0 Å². The Kier molecular flexibility index (Phi) is 6.80. The largest absolute Gasteiger partial charge is 0.497 e. The first-order valence-electron chi connectivity index (χ1n) is 9.94. The third-order valence-electron chi connectivity index (χ3n) is 5.41. The van der Waals surface area contributed by atoms with Gasteiger partial charge in [-0.25, -0.2) is 0 Å². The fraction of sp³-hybridized carbons (Fsp3) is 0.435. The number of carbonyl (C=O) groups is 1. The molecule has 1 fully saturated rings. The summed E-state index contributed by atoms with van der Waals surface area (Å²) in [5.41, 5.74) is 3.52. The lowest BCUT2D eigenvalue weighted by molar-refractivity contribution is -0.131. The SMILES string of the molecule is COc1ccc(N2CCCN(C(=O)CCOc3cccc(C)c3C)CC2)cc1. The molecule has 0 aromatic heterocycles. The second kappa shape index (κ2) is 9.49. The maximum Gasteiger partial charge on any atom is 0.226 e. The molecule has 0 saturated carbocycles. The first kappa shape index (κ1) is 20.1. The summed E-state index contributed by atoms with van der Waals surface area (Å²) in [6.45, 7) is 7.88. The molecule has 2 aromatic rings. The Bertz CT molecular complexity index is 789. The van der Waals surface area contributed by atoms with Gasteiger partial charge in [-0.05, 0) is 61.7 Å². The fourth-order valence-corrected chi connectivity index (χ4v) is 3.51. The van der Waals surface area contributed by atoms with E-state index in [0.717, 1.165) is 49.7 Å². The molecule has 1 saturated heterocycles. The van der Waals surface area contributed by atoms with Gasteiger partial charge in [0, 0.05) is 31.9 Å². The number of carbonyl (C=O) groups excluding carboxylic acids is 1. The van der Waals surface area contributed by atoms with Crippen LogP contribution in [0.2, 0.25) is 0 Å². The van der Waals surface area contributed by atoms with Gasteiger partial charge in [0.2, 0.25) is 5.91 Å². The van der Waals surface area contributed by atoms with Gasteiger partial charge in [-0.1, -0.05) is 12.1 Å². The molecule has 0 radical (unpaired) electrons. The van der Waals surface area contributed by atoms with Crippen LogP contribution in [0.4, 0.5) is 5.69 Å². The van der Waals surface area contributed by atoms with Gasteiger partial charge in [-0.3, -0.25) is 4.79 Å². The van der Waals surface area contributed by atoms with Crippen LogP contribution in [0.15, 0.2) is 42.5 Å². The molecule has 5 nitrogen and oxygen atoms in total. The number of aryl methyl sites for hydroxylation is 1. The molecule has 0 unspecified atom stereocenters. The van der Waals surface area contributed by atoms with Crippen LogP contribution in [0.1, 0.15) is 24.0 Å². The average molecular weight is 383 g/mol. The standard InChI is InChI=1S/C23H30N2O3/c1-18-6-4-7-22(19(18)2)28-17-12-23(26)25-14-5-13-24(15-16-25)20-8-10-21(27-3)11-9-20/h4,6-11H,5,12-17H2,1-3H3. The average Bonchev–Trinajstić information content (AvgIpc) is 2.97. The van der Waals surface area contributed by atoms with E-state index in [2.05, 4.69) is 36.9 Å². The van der Waals surface area contributed by atoms with Crippen LogP contribution in [-0.4, -0.2) is 50.7 Å². The van der Waals surface area contributed by atoms with Gasteiger partial charge in [0.05, 0.1) is 20.1 Å². The molecule has 1 heterocycles. The fourth-order valence-electron chi connectivity index (χ4n) is 3.51. The van der Waals surface area contributed by atoms with Crippen molar-refractivity contribution in [1.82, 2.24) is 4.90 Å². The molecule has 1 amide bonds. The summed E-state index contributed by atoms with van der Waals surface area (Å²) in [6, 6.07) is 14.1. The lowest BCUT2D eigenvalue weighted by Crippen LogP contribution is -2.35. The van der Waals surface area contributed by atoms with E-state index in [1.54, 1.807) is 7.11 Å². The van der Waals surface area contributed by atoms with Crippen LogP contribution in [0.25, 0.3) is 0 Å². The minimum absolute atomic E-state index is 0.168. The molecule has 0 atom stereocenters. The summed E-state index contributed by atoms with van der Waals surface area (Å²) >= 11 is 0. The number of hydrogen-bond acceptors (Lipinski definition) is 4. The number of rotatable bonds is 6. The minimum atomic E-state index is 0.168. The Morgan fingerprint density at radius 3 is 2.54 bits per heavy atom. The van der Waals surface area contributed by atoms with Crippen LogP contribution in [0.3, 0.4) is 0 Å². The number of anilines is 1. The van der Waals surface area contributed by atoms with Crippen LogP contribution >= 0.6 is 0 Å². The Hall–Kier alpha value is -2.69. The van der Waals surface area contributed by atoms with E-state index >= 15 is 0 Å². The Morgan fingerprint density at radius 1 is 1.00 bits per heavy atom. The summed E-state index contributed by atoms with van der Waals surface area (Å²) in [4.78, 5) is 16.9. The smallest absolute Gasteiger partial charge is 0.226 e. The molecule has 150 valence electrons. The molecular formula is C23H30N2O3. The number of amides is 1. The molecule has 0 spiro atoms. The van der Waals surface area contributed by atoms with Crippen molar-refractivity contribution in [3.05, 3.63) is 53.6 Å². The van der Waals surface area contributed by atoms with Crippen molar-refractivity contribution >= 4 is 11.6 Å².